The molecular formula is C14H24N2O2. The van der Waals surface area contributed by atoms with Crippen LogP contribution in [0.4, 0.5) is 0 Å². The van der Waals surface area contributed by atoms with E-state index in [9.17, 15) is 5.11 Å². The molecule has 0 spiro atoms. The van der Waals surface area contributed by atoms with Gasteiger partial charge in [-0.2, -0.15) is 5.10 Å². The summed E-state index contributed by atoms with van der Waals surface area (Å²) in [7, 11) is 1.89. The van der Waals surface area contributed by atoms with Crippen LogP contribution in [0.15, 0.2) is 6.20 Å². The van der Waals surface area contributed by atoms with Crippen LogP contribution in [0.25, 0.3) is 0 Å². The van der Waals surface area contributed by atoms with Gasteiger partial charge >= 0.3 is 0 Å². The van der Waals surface area contributed by atoms with Crippen LogP contribution in [0.1, 0.15) is 51.5 Å². The first-order valence-corrected chi connectivity index (χ1v) is 6.51. The number of hydrogen-bond acceptors (Lipinski definition) is 3. The number of aromatic nitrogens is 2. The number of hydrogen-bond donors (Lipinski definition) is 1. The number of ether oxygens (including phenoxy) is 1. The minimum atomic E-state index is -0.518. The Bertz CT molecular complexity index is 449. The van der Waals surface area contributed by atoms with Crippen molar-refractivity contribution >= 4 is 0 Å². The SMILES string of the molecule is Cc1c(C(O)C2CC(C)(C)OC2(C)C)cnn1C. The predicted molar refractivity (Wildman–Crippen MR) is 70.3 cm³/mol. The van der Waals surface area contributed by atoms with Crippen molar-refractivity contribution in [1.29, 1.82) is 0 Å². The Morgan fingerprint density at radius 1 is 1.44 bits per heavy atom. The summed E-state index contributed by atoms with van der Waals surface area (Å²) in [6.07, 6.45) is 2.10. The van der Waals surface area contributed by atoms with Crippen LogP contribution in [0, 0.1) is 12.8 Å². The number of rotatable bonds is 2. The third kappa shape index (κ3) is 2.19. The van der Waals surface area contributed by atoms with Crippen molar-refractivity contribution in [1.82, 2.24) is 9.78 Å². The molecule has 0 radical (unpaired) electrons. The molecule has 1 aliphatic heterocycles. The maximum absolute atomic E-state index is 10.6. The van der Waals surface area contributed by atoms with E-state index >= 15 is 0 Å². The van der Waals surface area contributed by atoms with Crippen molar-refractivity contribution in [2.75, 3.05) is 0 Å². The van der Waals surface area contributed by atoms with Gasteiger partial charge < -0.3 is 9.84 Å². The summed E-state index contributed by atoms with van der Waals surface area (Å²) in [6, 6.07) is 0. The molecule has 0 aromatic carbocycles. The highest BCUT2D eigenvalue weighted by atomic mass is 16.5. The highest BCUT2D eigenvalue weighted by Gasteiger charge is 2.49. The normalized spacial score (nSPS) is 27.4. The largest absolute Gasteiger partial charge is 0.388 e. The Morgan fingerprint density at radius 2 is 2.06 bits per heavy atom. The lowest BCUT2D eigenvalue weighted by Gasteiger charge is -2.30. The van der Waals surface area contributed by atoms with Crippen molar-refractivity contribution in [3.63, 3.8) is 0 Å². The number of aliphatic hydroxyl groups is 1. The smallest absolute Gasteiger partial charge is 0.0879 e. The Morgan fingerprint density at radius 3 is 2.44 bits per heavy atom. The van der Waals surface area contributed by atoms with Crippen LogP contribution < -0.4 is 0 Å². The third-order valence-electron chi connectivity index (χ3n) is 4.12. The van der Waals surface area contributed by atoms with Gasteiger partial charge in [-0.05, 0) is 41.0 Å². The molecule has 18 heavy (non-hydrogen) atoms. The molecule has 2 unspecified atom stereocenters. The zero-order valence-electron chi connectivity index (χ0n) is 12.2. The van der Waals surface area contributed by atoms with Gasteiger partial charge in [-0.15, -0.1) is 0 Å². The maximum Gasteiger partial charge on any atom is 0.0879 e. The molecule has 1 aromatic rings. The highest BCUT2D eigenvalue weighted by Crippen LogP contribution is 2.47. The molecule has 1 saturated heterocycles. The molecule has 1 fully saturated rings. The molecular weight excluding hydrogens is 228 g/mol. The first kappa shape index (κ1) is 13.6. The third-order valence-corrected chi connectivity index (χ3v) is 4.12. The average Bonchev–Trinajstić information content (AvgIpc) is 2.64. The van der Waals surface area contributed by atoms with E-state index in [1.165, 1.54) is 0 Å². The Balaban J connectivity index is 2.29. The summed E-state index contributed by atoms with van der Waals surface area (Å²) >= 11 is 0. The van der Waals surface area contributed by atoms with Gasteiger partial charge in [0.05, 0.1) is 23.5 Å². The zero-order chi connectivity index (χ0) is 13.7. The van der Waals surface area contributed by atoms with Gasteiger partial charge in [-0.1, -0.05) is 0 Å². The molecule has 102 valence electrons. The van der Waals surface area contributed by atoms with E-state index in [1.54, 1.807) is 10.9 Å². The van der Waals surface area contributed by atoms with Crippen LogP contribution in [-0.2, 0) is 11.8 Å². The lowest BCUT2D eigenvalue weighted by atomic mass is 9.80. The Hall–Kier alpha value is -0.870. The fourth-order valence-corrected chi connectivity index (χ4v) is 3.12. The minimum absolute atomic E-state index is 0.0930. The van der Waals surface area contributed by atoms with Gasteiger partial charge in [0.15, 0.2) is 0 Å². The summed E-state index contributed by atoms with van der Waals surface area (Å²) in [4.78, 5) is 0. The molecule has 1 aliphatic rings. The Kier molecular flexibility index (Phi) is 3.06. The van der Waals surface area contributed by atoms with Crippen LogP contribution in [0.3, 0.4) is 0 Å². The van der Waals surface area contributed by atoms with Crippen molar-refractivity contribution in [3.8, 4) is 0 Å². The lowest BCUT2D eigenvalue weighted by molar-refractivity contribution is -0.0880. The molecule has 4 heteroatoms. The van der Waals surface area contributed by atoms with Gasteiger partial charge in [-0.3, -0.25) is 4.68 Å². The summed E-state index contributed by atoms with van der Waals surface area (Å²) < 4.78 is 7.85. The number of aliphatic hydroxyl groups excluding tert-OH is 1. The Labute approximate surface area is 109 Å². The van der Waals surface area contributed by atoms with Crippen LogP contribution in [-0.4, -0.2) is 26.1 Å². The van der Waals surface area contributed by atoms with E-state index < -0.39 is 6.10 Å². The molecule has 0 aliphatic carbocycles. The van der Waals surface area contributed by atoms with Crippen molar-refractivity contribution < 1.29 is 9.84 Å². The zero-order valence-corrected chi connectivity index (χ0v) is 12.2. The van der Waals surface area contributed by atoms with Crippen molar-refractivity contribution in [3.05, 3.63) is 17.5 Å². The summed E-state index contributed by atoms with van der Waals surface area (Å²) in [5.41, 5.74) is 1.44. The molecule has 4 nitrogen and oxygen atoms in total. The highest BCUT2D eigenvalue weighted by molar-refractivity contribution is 5.21. The van der Waals surface area contributed by atoms with E-state index in [0.29, 0.717) is 0 Å². The van der Waals surface area contributed by atoms with Gasteiger partial charge in [0, 0.05) is 24.2 Å². The molecule has 2 heterocycles. The number of nitrogens with zero attached hydrogens (tertiary/aromatic N) is 2. The molecule has 1 N–H and O–H groups in total. The minimum Gasteiger partial charge on any atom is -0.388 e. The maximum atomic E-state index is 10.6. The molecule has 0 bridgehead atoms. The summed E-state index contributed by atoms with van der Waals surface area (Å²) in [6.45, 7) is 10.3. The summed E-state index contributed by atoms with van der Waals surface area (Å²) in [5.74, 6) is 0.0930. The van der Waals surface area contributed by atoms with Crippen LogP contribution in [0.2, 0.25) is 0 Å². The second-order valence-electron chi connectivity index (χ2n) is 6.53. The average molecular weight is 252 g/mol. The number of aryl methyl sites for hydroxylation is 1. The fourth-order valence-electron chi connectivity index (χ4n) is 3.12. The van der Waals surface area contributed by atoms with Gasteiger partial charge in [-0.25, -0.2) is 0 Å². The molecule has 0 saturated carbocycles. The van der Waals surface area contributed by atoms with Crippen molar-refractivity contribution in [2.45, 2.75) is 58.3 Å². The van der Waals surface area contributed by atoms with Gasteiger partial charge in [0.2, 0.25) is 0 Å². The van der Waals surface area contributed by atoms with E-state index in [0.717, 1.165) is 17.7 Å². The molecule has 0 amide bonds. The predicted octanol–water partition coefficient (Wildman–Crippen LogP) is 2.36. The first-order chi connectivity index (χ1) is 8.14. The fraction of sp³-hybridized carbons (Fsp3) is 0.786. The van der Waals surface area contributed by atoms with Crippen LogP contribution in [0.5, 0.6) is 0 Å². The molecule has 2 atom stereocenters. The lowest BCUT2D eigenvalue weighted by Crippen LogP contribution is -2.32. The monoisotopic (exact) mass is 252 g/mol. The molecule has 2 rings (SSSR count). The molecule has 1 aromatic heterocycles. The second-order valence-corrected chi connectivity index (χ2v) is 6.53. The second kappa shape index (κ2) is 4.07. The standard InChI is InChI=1S/C14H24N2O2/c1-9-10(8-15-16(9)6)12(17)11-7-13(2,3)18-14(11,4)5/h8,11-12,17H,7H2,1-6H3. The quantitative estimate of drug-likeness (QED) is 0.879. The van der Waals surface area contributed by atoms with E-state index in [2.05, 4.69) is 32.8 Å². The van der Waals surface area contributed by atoms with Gasteiger partial charge in [0.25, 0.3) is 0 Å². The van der Waals surface area contributed by atoms with Gasteiger partial charge in [0.1, 0.15) is 0 Å². The van der Waals surface area contributed by atoms with Crippen molar-refractivity contribution in [2.24, 2.45) is 13.0 Å². The van der Waals surface area contributed by atoms with Crippen LogP contribution >= 0.6 is 0 Å². The van der Waals surface area contributed by atoms with E-state index in [4.69, 9.17) is 4.74 Å². The van der Waals surface area contributed by atoms with E-state index in [1.807, 2.05) is 14.0 Å². The topological polar surface area (TPSA) is 47.3 Å². The summed E-state index contributed by atoms with van der Waals surface area (Å²) in [5, 5.41) is 14.9. The first-order valence-electron chi connectivity index (χ1n) is 6.51. The van der Waals surface area contributed by atoms with E-state index in [-0.39, 0.29) is 17.1 Å².